The second kappa shape index (κ2) is 8.23. The molecular formula is C20H25N7O3S. The first-order valence-electron chi connectivity index (χ1n) is 9.90. The van der Waals surface area contributed by atoms with Gasteiger partial charge in [-0.2, -0.15) is 8.42 Å². The normalized spacial score (nSPS) is 14.6. The highest BCUT2D eigenvalue weighted by Crippen LogP contribution is 2.33. The molecule has 0 spiro atoms. The number of morpholine rings is 1. The predicted molar refractivity (Wildman–Crippen MR) is 117 cm³/mol. The number of aryl methyl sites for hydroxylation is 4. The molecule has 0 radical (unpaired) electrons. The average molecular weight is 444 g/mol. The van der Waals surface area contributed by atoms with Crippen molar-refractivity contribution in [2.45, 2.75) is 25.8 Å². The minimum absolute atomic E-state index is 0.0365. The van der Waals surface area contributed by atoms with E-state index >= 15 is 0 Å². The number of ether oxygens (including phenoxy) is 1. The molecule has 0 amide bonds. The molecule has 0 atom stereocenters. The molecule has 0 unspecified atom stereocenters. The highest BCUT2D eigenvalue weighted by Gasteiger charge is 2.23. The average Bonchev–Trinajstić information content (AvgIpc) is 3.09. The molecular weight excluding hydrogens is 418 g/mol. The van der Waals surface area contributed by atoms with E-state index in [-0.39, 0.29) is 5.03 Å². The van der Waals surface area contributed by atoms with Crippen LogP contribution in [0.3, 0.4) is 0 Å². The van der Waals surface area contributed by atoms with Crippen molar-refractivity contribution in [1.82, 2.24) is 24.5 Å². The van der Waals surface area contributed by atoms with E-state index in [1.807, 2.05) is 6.92 Å². The van der Waals surface area contributed by atoms with Gasteiger partial charge in [0.05, 0.1) is 30.3 Å². The summed E-state index contributed by atoms with van der Waals surface area (Å²) in [6.07, 6.45) is 4.74. The highest BCUT2D eigenvalue weighted by molar-refractivity contribution is 7.92. The van der Waals surface area contributed by atoms with Gasteiger partial charge in [-0.05, 0) is 26.8 Å². The molecule has 0 bridgehead atoms. The maximum atomic E-state index is 12.9. The van der Waals surface area contributed by atoms with Crippen LogP contribution in [0.1, 0.15) is 17.2 Å². The van der Waals surface area contributed by atoms with Gasteiger partial charge in [-0.25, -0.2) is 15.0 Å². The van der Waals surface area contributed by atoms with Gasteiger partial charge in [0.15, 0.2) is 5.03 Å². The van der Waals surface area contributed by atoms with Crippen molar-refractivity contribution in [3.63, 3.8) is 0 Å². The molecule has 0 saturated carbocycles. The summed E-state index contributed by atoms with van der Waals surface area (Å²) in [6.45, 7) is 8.11. The van der Waals surface area contributed by atoms with Crippen molar-refractivity contribution in [2.75, 3.05) is 35.9 Å². The maximum absolute atomic E-state index is 12.9. The van der Waals surface area contributed by atoms with Gasteiger partial charge in [0, 0.05) is 43.7 Å². The van der Waals surface area contributed by atoms with E-state index in [9.17, 15) is 8.42 Å². The van der Waals surface area contributed by atoms with Crippen LogP contribution < -0.4 is 9.62 Å². The molecule has 4 heterocycles. The summed E-state index contributed by atoms with van der Waals surface area (Å²) in [6, 6.07) is 1.77. The molecule has 1 fully saturated rings. The SMILES string of the molecule is Cc1ncc(-c2c(C)ncnc2N2CCOCC2)cc1NS(=O)(=O)c1cn(C)c(C)n1. The number of nitrogens with one attached hydrogen (secondary N) is 1. The Balaban J connectivity index is 1.74. The molecule has 11 heteroatoms. The lowest BCUT2D eigenvalue weighted by atomic mass is 10.0. The second-order valence-electron chi connectivity index (χ2n) is 7.46. The van der Waals surface area contributed by atoms with Crippen LogP contribution in [0.25, 0.3) is 11.1 Å². The fourth-order valence-corrected chi connectivity index (χ4v) is 4.59. The molecule has 1 N–H and O–H groups in total. The number of hydrogen-bond donors (Lipinski definition) is 1. The molecule has 31 heavy (non-hydrogen) atoms. The van der Waals surface area contributed by atoms with Crippen LogP contribution >= 0.6 is 0 Å². The molecule has 10 nitrogen and oxygen atoms in total. The monoisotopic (exact) mass is 443 g/mol. The van der Waals surface area contributed by atoms with Crippen LogP contribution in [-0.4, -0.2) is 59.2 Å². The third-order valence-corrected chi connectivity index (χ3v) is 6.55. The Morgan fingerprint density at radius 2 is 1.81 bits per heavy atom. The fraction of sp³-hybridized carbons (Fsp3) is 0.400. The van der Waals surface area contributed by atoms with Crippen molar-refractivity contribution >= 4 is 21.5 Å². The van der Waals surface area contributed by atoms with E-state index in [0.717, 1.165) is 35.7 Å². The first-order valence-corrected chi connectivity index (χ1v) is 11.4. The first kappa shape index (κ1) is 21.2. The molecule has 1 aliphatic heterocycles. The third kappa shape index (κ3) is 4.23. The Labute approximate surface area is 181 Å². The molecule has 1 saturated heterocycles. The summed E-state index contributed by atoms with van der Waals surface area (Å²) in [5.41, 5.74) is 3.29. The number of pyridine rings is 1. The summed E-state index contributed by atoms with van der Waals surface area (Å²) >= 11 is 0. The zero-order valence-corrected chi connectivity index (χ0v) is 18.8. The van der Waals surface area contributed by atoms with Gasteiger partial charge in [0.2, 0.25) is 0 Å². The minimum atomic E-state index is -3.86. The van der Waals surface area contributed by atoms with Crippen LogP contribution in [0.2, 0.25) is 0 Å². The van der Waals surface area contributed by atoms with E-state index in [1.165, 1.54) is 12.5 Å². The standard InChI is InChI=1S/C20H25N7O3S/c1-13-17(25-31(28,29)18-11-26(4)15(3)24-18)9-16(10-21-13)19-14(2)22-12-23-20(19)27-5-7-30-8-6-27/h9-12,25H,5-8H2,1-4H3. The number of hydrogen-bond acceptors (Lipinski definition) is 8. The first-order chi connectivity index (χ1) is 14.8. The molecule has 0 aliphatic carbocycles. The Morgan fingerprint density at radius 1 is 1.06 bits per heavy atom. The van der Waals surface area contributed by atoms with Gasteiger partial charge in [-0.3, -0.25) is 9.71 Å². The van der Waals surface area contributed by atoms with E-state index in [4.69, 9.17) is 4.74 Å². The lowest BCUT2D eigenvalue weighted by Gasteiger charge is -2.29. The molecule has 164 valence electrons. The zero-order chi connectivity index (χ0) is 22.2. The molecule has 3 aromatic rings. The van der Waals surface area contributed by atoms with Crippen molar-refractivity contribution in [2.24, 2.45) is 7.05 Å². The summed E-state index contributed by atoms with van der Waals surface area (Å²) in [7, 11) is -2.11. The van der Waals surface area contributed by atoms with Crippen LogP contribution in [-0.2, 0) is 21.8 Å². The van der Waals surface area contributed by atoms with Crippen molar-refractivity contribution in [1.29, 1.82) is 0 Å². The van der Waals surface area contributed by atoms with E-state index in [0.29, 0.717) is 30.4 Å². The predicted octanol–water partition coefficient (Wildman–Crippen LogP) is 1.83. The quantitative estimate of drug-likeness (QED) is 0.635. The van der Waals surface area contributed by atoms with E-state index in [2.05, 4.69) is 29.6 Å². The number of imidazole rings is 1. The van der Waals surface area contributed by atoms with Gasteiger partial charge in [-0.1, -0.05) is 0 Å². The van der Waals surface area contributed by atoms with Crippen molar-refractivity contribution in [3.8, 4) is 11.1 Å². The van der Waals surface area contributed by atoms with Crippen LogP contribution in [0.15, 0.2) is 29.8 Å². The van der Waals surface area contributed by atoms with Crippen LogP contribution in [0, 0.1) is 20.8 Å². The number of rotatable bonds is 5. The molecule has 3 aromatic heterocycles. The van der Waals surface area contributed by atoms with Gasteiger partial charge >= 0.3 is 0 Å². The van der Waals surface area contributed by atoms with E-state index < -0.39 is 10.0 Å². The third-order valence-electron chi connectivity index (χ3n) is 5.31. The number of anilines is 2. The molecule has 1 aliphatic rings. The van der Waals surface area contributed by atoms with Gasteiger partial charge in [-0.15, -0.1) is 0 Å². The Bertz CT molecular complexity index is 1200. The Morgan fingerprint density at radius 3 is 2.48 bits per heavy atom. The van der Waals surface area contributed by atoms with Crippen molar-refractivity contribution < 1.29 is 13.2 Å². The summed E-state index contributed by atoms with van der Waals surface area (Å²) < 4.78 is 35.5. The molecule has 4 rings (SSSR count). The van der Waals surface area contributed by atoms with Gasteiger partial charge in [0.1, 0.15) is 18.0 Å². The fourth-order valence-electron chi connectivity index (χ4n) is 3.44. The largest absolute Gasteiger partial charge is 0.378 e. The summed E-state index contributed by atoms with van der Waals surface area (Å²) in [5, 5.41) is -0.0365. The van der Waals surface area contributed by atoms with E-state index in [1.54, 1.807) is 37.7 Å². The lowest BCUT2D eigenvalue weighted by Crippen LogP contribution is -2.37. The number of sulfonamides is 1. The Kier molecular flexibility index (Phi) is 5.63. The minimum Gasteiger partial charge on any atom is -0.378 e. The number of aromatic nitrogens is 5. The smallest absolute Gasteiger partial charge is 0.281 e. The van der Waals surface area contributed by atoms with Gasteiger partial charge < -0.3 is 14.2 Å². The maximum Gasteiger partial charge on any atom is 0.281 e. The molecule has 0 aromatic carbocycles. The van der Waals surface area contributed by atoms with Crippen LogP contribution in [0.5, 0.6) is 0 Å². The van der Waals surface area contributed by atoms with Crippen molar-refractivity contribution in [3.05, 3.63) is 42.0 Å². The Hall–Kier alpha value is -3.05. The summed E-state index contributed by atoms with van der Waals surface area (Å²) in [5.74, 6) is 1.40. The number of nitrogens with zero attached hydrogens (tertiary/aromatic N) is 6. The second-order valence-corrected chi connectivity index (χ2v) is 9.09. The van der Waals surface area contributed by atoms with Gasteiger partial charge in [0.25, 0.3) is 10.0 Å². The highest BCUT2D eigenvalue weighted by atomic mass is 32.2. The topological polar surface area (TPSA) is 115 Å². The summed E-state index contributed by atoms with van der Waals surface area (Å²) in [4.78, 5) is 19.6. The van der Waals surface area contributed by atoms with Crippen LogP contribution in [0.4, 0.5) is 11.5 Å². The zero-order valence-electron chi connectivity index (χ0n) is 18.0. The lowest BCUT2D eigenvalue weighted by molar-refractivity contribution is 0.122.